The normalized spacial score (nSPS) is 13.3. The highest BCUT2D eigenvalue weighted by molar-refractivity contribution is 5.79. The van der Waals surface area contributed by atoms with Gasteiger partial charge in [-0.05, 0) is 32.6 Å². The molecule has 1 unspecified atom stereocenters. The fraction of sp³-hybridized carbons (Fsp3) is 0.833. The van der Waals surface area contributed by atoms with Gasteiger partial charge in [-0.3, -0.25) is 0 Å². The monoisotopic (exact) mass is 368 g/mol. The summed E-state index contributed by atoms with van der Waals surface area (Å²) in [5, 5.41) is 15.0. The number of aryl methyl sites for hydroxylation is 1. The maximum atomic E-state index is 5.81. The molecular weight excluding hydrogens is 332 g/mol. The van der Waals surface area contributed by atoms with Gasteiger partial charge in [0.25, 0.3) is 0 Å². The van der Waals surface area contributed by atoms with Gasteiger partial charge in [0.05, 0.1) is 6.10 Å². The molecule has 0 radical (unpaired) electrons. The van der Waals surface area contributed by atoms with E-state index in [1.165, 1.54) is 0 Å². The third-order valence-corrected chi connectivity index (χ3v) is 4.22. The molecule has 1 rings (SSSR count). The van der Waals surface area contributed by atoms with Crippen LogP contribution in [0.4, 0.5) is 0 Å². The Balaban J connectivity index is 2.59. The van der Waals surface area contributed by atoms with E-state index in [-0.39, 0.29) is 6.10 Å². The molecule has 0 amide bonds. The van der Waals surface area contributed by atoms with E-state index in [1.54, 1.807) is 7.11 Å². The highest BCUT2D eigenvalue weighted by Crippen LogP contribution is 2.09. The summed E-state index contributed by atoms with van der Waals surface area (Å²) in [5.41, 5.74) is 0. The van der Waals surface area contributed by atoms with Crippen molar-refractivity contribution in [3.8, 4) is 0 Å². The Hall–Kier alpha value is -1.67. The van der Waals surface area contributed by atoms with Crippen LogP contribution in [0.3, 0.4) is 0 Å². The van der Waals surface area contributed by atoms with E-state index >= 15 is 0 Å². The molecule has 0 aliphatic heterocycles. The number of hydrogen-bond acceptors (Lipinski definition) is 5. The zero-order valence-electron chi connectivity index (χ0n) is 17.2. The molecular formula is C18H36N6O2. The van der Waals surface area contributed by atoms with E-state index in [9.17, 15) is 0 Å². The summed E-state index contributed by atoms with van der Waals surface area (Å²) in [7, 11) is 3.66. The fourth-order valence-electron chi connectivity index (χ4n) is 2.49. The van der Waals surface area contributed by atoms with Crippen molar-refractivity contribution in [2.24, 2.45) is 18.0 Å². The van der Waals surface area contributed by atoms with Crippen molar-refractivity contribution in [2.75, 3.05) is 33.4 Å². The molecule has 1 aromatic heterocycles. The van der Waals surface area contributed by atoms with Crippen molar-refractivity contribution in [1.29, 1.82) is 0 Å². The van der Waals surface area contributed by atoms with Gasteiger partial charge >= 0.3 is 0 Å². The Morgan fingerprint density at radius 2 is 1.96 bits per heavy atom. The van der Waals surface area contributed by atoms with Gasteiger partial charge in [-0.1, -0.05) is 13.8 Å². The summed E-state index contributed by atoms with van der Waals surface area (Å²) in [4.78, 5) is 4.64. The molecule has 0 aromatic carbocycles. The second kappa shape index (κ2) is 12.6. The van der Waals surface area contributed by atoms with Gasteiger partial charge in [0.15, 0.2) is 11.8 Å². The number of hydrogen-bond donors (Lipinski definition) is 2. The van der Waals surface area contributed by atoms with Crippen molar-refractivity contribution in [2.45, 2.75) is 53.2 Å². The lowest BCUT2D eigenvalue weighted by molar-refractivity contribution is 0.0258. The van der Waals surface area contributed by atoms with Crippen molar-refractivity contribution in [1.82, 2.24) is 25.4 Å². The van der Waals surface area contributed by atoms with Gasteiger partial charge in [0, 0.05) is 40.5 Å². The average Bonchev–Trinajstić information content (AvgIpc) is 2.93. The molecule has 1 atom stereocenters. The number of rotatable bonds is 12. The van der Waals surface area contributed by atoms with Crippen LogP contribution < -0.4 is 10.6 Å². The summed E-state index contributed by atoms with van der Waals surface area (Å²) in [6.45, 7) is 11.9. The van der Waals surface area contributed by atoms with Crippen LogP contribution in [0.1, 0.15) is 45.3 Å². The lowest BCUT2D eigenvalue weighted by Crippen LogP contribution is -2.40. The number of methoxy groups -OCH3 is 1. The Bertz CT molecular complexity index is 530. The number of aromatic nitrogens is 3. The SMILES string of the molecule is CCOC(CCNC(=NCc1nnc(C)n1C)NCCCOC)C(C)C. The van der Waals surface area contributed by atoms with Gasteiger partial charge in [-0.2, -0.15) is 0 Å². The second-order valence-corrected chi connectivity index (χ2v) is 6.61. The summed E-state index contributed by atoms with van der Waals surface area (Å²) >= 11 is 0. The average molecular weight is 369 g/mol. The maximum Gasteiger partial charge on any atom is 0.191 e. The Kier molecular flexibility index (Phi) is 10.9. The third-order valence-electron chi connectivity index (χ3n) is 4.22. The molecule has 0 aliphatic carbocycles. The van der Waals surface area contributed by atoms with Crippen molar-refractivity contribution >= 4 is 5.96 Å². The van der Waals surface area contributed by atoms with Gasteiger partial charge in [-0.25, -0.2) is 4.99 Å². The quantitative estimate of drug-likeness (QED) is 0.331. The zero-order chi connectivity index (χ0) is 19.4. The zero-order valence-corrected chi connectivity index (χ0v) is 17.2. The van der Waals surface area contributed by atoms with E-state index in [0.29, 0.717) is 12.5 Å². The molecule has 0 saturated carbocycles. The molecule has 1 heterocycles. The van der Waals surface area contributed by atoms with Crippen LogP contribution in [-0.4, -0.2) is 60.2 Å². The number of nitrogens with zero attached hydrogens (tertiary/aromatic N) is 4. The van der Waals surface area contributed by atoms with Crippen molar-refractivity contribution in [3.63, 3.8) is 0 Å². The first kappa shape index (κ1) is 22.4. The molecule has 0 bridgehead atoms. The minimum absolute atomic E-state index is 0.253. The van der Waals surface area contributed by atoms with E-state index in [1.807, 2.05) is 25.5 Å². The number of nitrogens with one attached hydrogen (secondary N) is 2. The van der Waals surface area contributed by atoms with Gasteiger partial charge in [0.2, 0.25) is 0 Å². The fourth-order valence-corrected chi connectivity index (χ4v) is 2.49. The molecule has 0 spiro atoms. The predicted molar refractivity (Wildman–Crippen MR) is 104 cm³/mol. The van der Waals surface area contributed by atoms with Crippen LogP contribution in [0.25, 0.3) is 0 Å². The molecule has 8 nitrogen and oxygen atoms in total. The number of aliphatic imine (C=N–C) groups is 1. The van der Waals surface area contributed by atoms with E-state index in [2.05, 4.69) is 39.7 Å². The first-order valence-electron chi connectivity index (χ1n) is 9.47. The van der Waals surface area contributed by atoms with Crippen LogP contribution in [0.15, 0.2) is 4.99 Å². The number of ether oxygens (including phenoxy) is 2. The smallest absolute Gasteiger partial charge is 0.191 e. The topological polar surface area (TPSA) is 85.6 Å². The summed E-state index contributed by atoms with van der Waals surface area (Å²) < 4.78 is 12.9. The standard InChI is InChI=1S/C18H36N6O2/c1-7-26-16(14(2)3)9-11-20-18(19-10-8-12-25-6)21-13-17-23-22-15(4)24(17)5/h14,16H,7-13H2,1-6H3,(H2,19,20,21). The first-order valence-corrected chi connectivity index (χ1v) is 9.47. The minimum Gasteiger partial charge on any atom is -0.385 e. The van der Waals surface area contributed by atoms with Crippen LogP contribution in [0, 0.1) is 12.8 Å². The molecule has 2 N–H and O–H groups in total. The number of guanidine groups is 1. The van der Waals surface area contributed by atoms with Crippen LogP contribution in [0.5, 0.6) is 0 Å². The van der Waals surface area contributed by atoms with Crippen LogP contribution in [-0.2, 0) is 23.1 Å². The summed E-state index contributed by atoms with van der Waals surface area (Å²) in [6, 6.07) is 0. The van der Waals surface area contributed by atoms with Crippen molar-refractivity contribution < 1.29 is 9.47 Å². The Morgan fingerprint density at radius 3 is 2.54 bits per heavy atom. The van der Waals surface area contributed by atoms with E-state index in [0.717, 1.165) is 56.8 Å². The predicted octanol–water partition coefficient (Wildman–Crippen LogP) is 1.65. The molecule has 0 aliphatic rings. The van der Waals surface area contributed by atoms with Gasteiger partial charge in [-0.15, -0.1) is 10.2 Å². The van der Waals surface area contributed by atoms with Gasteiger partial charge < -0.3 is 24.7 Å². The lowest BCUT2D eigenvalue weighted by Gasteiger charge is -2.21. The lowest BCUT2D eigenvalue weighted by atomic mass is 10.0. The first-order chi connectivity index (χ1) is 12.5. The molecule has 8 heteroatoms. The molecule has 0 fully saturated rings. The second-order valence-electron chi connectivity index (χ2n) is 6.61. The summed E-state index contributed by atoms with van der Waals surface area (Å²) in [6.07, 6.45) is 2.12. The van der Waals surface area contributed by atoms with Crippen molar-refractivity contribution in [3.05, 3.63) is 11.6 Å². The Morgan fingerprint density at radius 1 is 1.23 bits per heavy atom. The van der Waals surface area contributed by atoms with E-state index < -0.39 is 0 Å². The van der Waals surface area contributed by atoms with Gasteiger partial charge in [0.1, 0.15) is 12.4 Å². The third kappa shape index (κ3) is 8.14. The molecule has 26 heavy (non-hydrogen) atoms. The highest BCUT2D eigenvalue weighted by atomic mass is 16.5. The molecule has 0 saturated heterocycles. The molecule has 1 aromatic rings. The highest BCUT2D eigenvalue weighted by Gasteiger charge is 2.13. The van der Waals surface area contributed by atoms with Crippen LogP contribution in [0.2, 0.25) is 0 Å². The largest absolute Gasteiger partial charge is 0.385 e. The Labute approximate surface area is 157 Å². The van der Waals surface area contributed by atoms with E-state index in [4.69, 9.17) is 9.47 Å². The minimum atomic E-state index is 0.253. The summed E-state index contributed by atoms with van der Waals surface area (Å²) in [5.74, 6) is 3.00. The maximum absolute atomic E-state index is 5.81. The molecule has 150 valence electrons. The van der Waals surface area contributed by atoms with Crippen LogP contribution >= 0.6 is 0 Å².